The SMILES string of the molecule is C.C/C=C/COC(=O)C/C=C/C.O=C1CCCCCCCC=CCCCCCCCCO1. The molecule has 1 aliphatic heterocycles. The van der Waals surface area contributed by atoms with Crippen LogP contribution in [0.1, 0.15) is 118 Å². The minimum atomic E-state index is -0.179. The average Bonchev–Trinajstić information content (AvgIpc) is 2.77. The predicted molar refractivity (Wildman–Crippen MR) is 137 cm³/mol. The van der Waals surface area contributed by atoms with Gasteiger partial charge in [-0.05, 0) is 52.4 Å². The molecule has 186 valence electrons. The van der Waals surface area contributed by atoms with Crippen molar-refractivity contribution in [1.82, 2.24) is 0 Å². The molecular formula is C28H50O4. The number of carbonyl (C=O) groups is 2. The molecule has 0 bridgehead atoms. The highest BCUT2D eigenvalue weighted by molar-refractivity contribution is 5.71. The Balaban J connectivity index is 0. The zero-order chi connectivity index (χ0) is 22.8. The average molecular weight is 451 g/mol. The lowest BCUT2D eigenvalue weighted by Crippen LogP contribution is -2.05. The number of hydrogen-bond acceptors (Lipinski definition) is 4. The molecule has 0 aromatic rings. The highest BCUT2D eigenvalue weighted by Crippen LogP contribution is 2.11. The smallest absolute Gasteiger partial charge is 0.309 e. The Morgan fingerprint density at radius 3 is 1.97 bits per heavy atom. The van der Waals surface area contributed by atoms with Gasteiger partial charge in [0.25, 0.3) is 0 Å². The van der Waals surface area contributed by atoms with Gasteiger partial charge in [-0.3, -0.25) is 9.59 Å². The standard InChI is InChI=1S/C18H32O2.C9H14O2.CH4/c19-18-16-14-12-10-8-6-4-2-1-3-5-7-9-11-13-15-17-20-18;1-3-5-7-9(10)11-8-6-4-2;/h1-2H,3-17H2;3-6H,7-8H2,1-2H3;1H4/b;5-3+,6-4+;. The number of cyclic esters (lactones) is 1. The van der Waals surface area contributed by atoms with Crippen molar-refractivity contribution < 1.29 is 19.1 Å². The Hall–Kier alpha value is -1.84. The molecule has 0 radical (unpaired) electrons. The normalized spacial score (nSPS) is 17.8. The Morgan fingerprint density at radius 2 is 1.38 bits per heavy atom. The first-order valence-corrected chi connectivity index (χ1v) is 12.4. The minimum Gasteiger partial charge on any atom is -0.466 e. The summed E-state index contributed by atoms with van der Waals surface area (Å²) in [5, 5.41) is 0. The van der Waals surface area contributed by atoms with Crippen LogP contribution in [0.2, 0.25) is 0 Å². The van der Waals surface area contributed by atoms with Crippen LogP contribution in [-0.2, 0) is 19.1 Å². The molecule has 0 unspecified atom stereocenters. The molecular weight excluding hydrogens is 400 g/mol. The van der Waals surface area contributed by atoms with E-state index in [9.17, 15) is 9.59 Å². The van der Waals surface area contributed by atoms with Gasteiger partial charge >= 0.3 is 11.9 Å². The first kappa shape index (κ1) is 32.3. The van der Waals surface area contributed by atoms with Gasteiger partial charge < -0.3 is 9.47 Å². The summed E-state index contributed by atoms with van der Waals surface area (Å²) < 4.78 is 10.1. The Kier molecular flexibility index (Phi) is 27.5. The van der Waals surface area contributed by atoms with E-state index in [1.54, 1.807) is 12.2 Å². The van der Waals surface area contributed by atoms with Crippen molar-refractivity contribution in [2.75, 3.05) is 13.2 Å². The Morgan fingerprint density at radius 1 is 0.844 bits per heavy atom. The van der Waals surface area contributed by atoms with E-state index in [-0.39, 0.29) is 19.4 Å². The summed E-state index contributed by atoms with van der Waals surface area (Å²) in [7, 11) is 0. The van der Waals surface area contributed by atoms with Crippen molar-refractivity contribution in [1.29, 1.82) is 0 Å². The van der Waals surface area contributed by atoms with Crippen LogP contribution in [-0.4, -0.2) is 25.2 Å². The third-order valence-corrected chi connectivity index (χ3v) is 5.04. The second kappa shape index (κ2) is 27.2. The second-order valence-electron chi connectivity index (χ2n) is 7.93. The van der Waals surface area contributed by atoms with Crippen molar-refractivity contribution in [3.8, 4) is 0 Å². The molecule has 1 heterocycles. The maximum Gasteiger partial charge on any atom is 0.309 e. The van der Waals surface area contributed by atoms with Crippen molar-refractivity contribution in [3.05, 3.63) is 36.5 Å². The number of ether oxygens (including phenoxy) is 2. The second-order valence-corrected chi connectivity index (χ2v) is 7.93. The number of rotatable bonds is 4. The number of carbonyl (C=O) groups excluding carboxylic acids is 2. The van der Waals surface area contributed by atoms with E-state index in [1.165, 1.54) is 70.6 Å². The van der Waals surface area contributed by atoms with E-state index in [0.717, 1.165) is 12.8 Å². The van der Waals surface area contributed by atoms with Crippen LogP contribution in [0.25, 0.3) is 0 Å². The summed E-state index contributed by atoms with van der Waals surface area (Å²) in [5.41, 5.74) is 0. The van der Waals surface area contributed by atoms with Crippen LogP contribution in [0, 0.1) is 0 Å². The quantitative estimate of drug-likeness (QED) is 0.319. The summed E-state index contributed by atoms with van der Waals surface area (Å²) in [4.78, 5) is 22.3. The highest BCUT2D eigenvalue weighted by Gasteiger charge is 2.02. The third-order valence-electron chi connectivity index (χ3n) is 5.04. The first-order chi connectivity index (χ1) is 15.2. The van der Waals surface area contributed by atoms with Crippen molar-refractivity contribution in [2.24, 2.45) is 0 Å². The summed E-state index contributed by atoms with van der Waals surface area (Å²) in [5.74, 6) is -0.174. The number of esters is 2. The number of hydrogen-bond donors (Lipinski definition) is 0. The maximum absolute atomic E-state index is 11.5. The van der Waals surface area contributed by atoms with Crippen LogP contribution >= 0.6 is 0 Å². The lowest BCUT2D eigenvalue weighted by Gasteiger charge is -2.05. The van der Waals surface area contributed by atoms with Gasteiger partial charge in [-0.25, -0.2) is 0 Å². The molecule has 0 spiro atoms. The molecule has 1 aliphatic rings. The summed E-state index contributed by atoms with van der Waals surface area (Å²) in [6.45, 7) is 4.77. The molecule has 4 nitrogen and oxygen atoms in total. The van der Waals surface area contributed by atoms with Crippen LogP contribution in [0.15, 0.2) is 36.5 Å². The van der Waals surface area contributed by atoms with E-state index in [2.05, 4.69) is 12.2 Å². The summed E-state index contributed by atoms with van der Waals surface area (Å²) in [6, 6.07) is 0. The molecule has 0 atom stereocenters. The van der Waals surface area contributed by atoms with E-state index in [0.29, 0.717) is 26.1 Å². The predicted octanol–water partition coefficient (Wildman–Crippen LogP) is 8.27. The van der Waals surface area contributed by atoms with Crippen LogP contribution < -0.4 is 0 Å². The Labute approximate surface area is 198 Å². The topological polar surface area (TPSA) is 52.6 Å². The third kappa shape index (κ3) is 26.2. The largest absolute Gasteiger partial charge is 0.466 e. The molecule has 0 amide bonds. The van der Waals surface area contributed by atoms with Crippen LogP contribution in [0.3, 0.4) is 0 Å². The van der Waals surface area contributed by atoms with E-state index >= 15 is 0 Å². The minimum absolute atomic E-state index is 0. The van der Waals surface area contributed by atoms with Crippen LogP contribution in [0.5, 0.6) is 0 Å². The van der Waals surface area contributed by atoms with Gasteiger partial charge in [0, 0.05) is 6.42 Å². The molecule has 0 saturated heterocycles. The zero-order valence-corrected chi connectivity index (χ0v) is 20.1. The molecule has 0 saturated carbocycles. The van der Waals surface area contributed by atoms with Gasteiger partial charge in [0.15, 0.2) is 0 Å². The zero-order valence-electron chi connectivity index (χ0n) is 20.1. The molecule has 0 aromatic heterocycles. The van der Waals surface area contributed by atoms with E-state index in [4.69, 9.17) is 9.47 Å². The monoisotopic (exact) mass is 450 g/mol. The van der Waals surface area contributed by atoms with Gasteiger partial charge in [0.1, 0.15) is 6.61 Å². The highest BCUT2D eigenvalue weighted by atomic mass is 16.5. The molecule has 32 heavy (non-hydrogen) atoms. The molecule has 0 fully saturated rings. The lowest BCUT2D eigenvalue weighted by molar-refractivity contribution is -0.144. The van der Waals surface area contributed by atoms with Crippen LogP contribution in [0.4, 0.5) is 0 Å². The summed E-state index contributed by atoms with van der Waals surface area (Å²) in [6.07, 6.45) is 28.9. The molecule has 0 aromatic carbocycles. The van der Waals surface area contributed by atoms with Gasteiger partial charge in [0.05, 0.1) is 13.0 Å². The van der Waals surface area contributed by atoms with Gasteiger partial charge in [-0.1, -0.05) is 88.8 Å². The van der Waals surface area contributed by atoms with Crippen molar-refractivity contribution >= 4 is 11.9 Å². The van der Waals surface area contributed by atoms with Crippen molar-refractivity contribution in [2.45, 2.75) is 118 Å². The van der Waals surface area contributed by atoms with Gasteiger partial charge in [0.2, 0.25) is 0 Å². The van der Waals surface area contributed by atoms with Gasteiger partial charge in [-0.2, -0.15) is 0 Å². The lowest BCUT2D eigenvalue weighted by atomic mass is 10.1. The Bertz CT molecular complexity index is 506. The summed E-state index contributed by atoms with van der Waals surface area (Å²) >= 11 is 0. The molecule has 4 heteroatoms. The first-order valence-electron chi connectivity index (χ1n) is 12.4. The molecule has 0 N–H and O–H groups in total. The fraction of sp³-hybridized carbons (Fsp3) is 0.714. The number of allylic oxidation sites excluding steroid dienone is 4. The van der Waals surface area contributed by atoms with Gasteiger partial charge in [-0.15, -0.1) is 0 Å². The van der Waals surface area contributed by atoms with Crippen molar-refractivity contribution in [3.63, 3.8) is 0 Å². The fourth-order valence-electron chi connectivity index (χ4n) is 3.14. The maximum atomic E-state index is 11.5. The fourth-order valence-corrected chi connectivity index (χ4v) is 3.14. The molecule has 1 rings (SSSR count). The van der Waals surface area contributed by atoms with E-state index < -0.39 is 0 Å². The molecule has 0 aliphatic carbocycles. The van der Waals surface area contributed by atoms with E-state index in [1.807, 2.05) is 26.0 Å².